The molecule has 6 nitrogen and oxygen atoms in total. The van der Waals surface area contributed by atoms with E-state index in [0.29, 0.717) is 23.1 Å². The molecule has 3 rings (SSSR count). The minimum absolute atomic E-state index is 0.100. The molecular weight excluding hydrogens is 298 g/mol. The molecule has 3 heterocycles. The summed E-state index contributed by atoms with van der Waals surface area (Å²) in [6, 6.07) is 0. The Balaban J connectivity index is 1.95. The fourth-order valence-corrected chi connectivity index (χ4v) is 5.09. The van der Waals surface area contributed by atoms with Crippen molar-refractivity contribution in [3.8, 4) is 11.5 Å². The molecule has 1 fully saturated rings. The van der Waals surface area contributed by atoms with Gasteiger partial charge in [-0.25, -0.2) is 8.42 Å². The van der Waals surface area contributed by atoms with Crippen molar-refractivity contribution in [1.82, 2.24) is 10.1 Å². The fraction of sp³-hybridized carbons (Fsp3) is 0.500. The molecule has 2 N–H and O–H groups in total. The van der Waals surface area contributed by atoms with Gasteiger partial charge in [-0.3, -0.25) is 0 Å². The van der Waals surface area contributed by atoms with Crippen LogP contribution in [-0.4, -0.2) is 30.1 Å². The van der Waals surface area contributed by atoms with Crippen molar-refractivity contribution < 1.29 is 12.9 Å². The summed E-state index contributed by atoms with van der Waals surface area (Å²) in [7, 11) is -2.96. The fourth-order valence-electron chi connectivity index (χ4n) is 2.42. The third-order valence-corrected chi connectivity index (χ3v) is 6.47. The molecular formula is C12H15N3O3S2. The van der Waals surface area contributed by atoms with E-state index in [9.17, 15) is 8.42 Å². The number of thiophene rings is 1. The molecule has 0 aliphatic carbocycles. The molecule has 1 aliphatic rings. The lowest BCUT2D eigenvalue weighted by molar-refractivity contribution is 0.418. The molecule has 0 radical (unpaired) electrons. The first-order valence-electron chi connectivity index (χ1n) is 6.27. The number of hydrogen-bond acceptors (Lipinski definition) is 7. The first kappa shape index (κ1) is 13.6. The summed E-state index contributed by atoms with van der Waals surface area (Å²) in [5.74, 6) is 0.967. The zero-order valence-electron chi connectivity index (χ0n) is 11.2. The van der Waals surface area contributed by atoms with Gasteiger partial charge in [-0.2, -0.15) is 4.98 Å². The van der Waals surface area contributed by atoms with Gasteiger partial charge < -0.3 is 10.3 Å². The van der Waals surface area contributed by atoms with Crippen LogP contribution in [-0.2, 0) is 9.84 Å². The van der Waals surface area contributed by atoms with Crippen molar-refractivity contribution in [1.29, 1.82) is 0 Å². The molecule has 0 bridgehead atoms. The molecule has 0 spiro atoms. The van der Waals surface area contributed by atoms with Crippen LogP contribution in [0.15, 0.2) is 4.52 Å². The van der Waals surface area contributed by atoms with E-state index in [1.54, 1.807) is 0 Å². The first-order valence-corrected chi connectivity index (χ1v) is 8.91. The van der Waals surface area contributed by atoms with Crippen LogP contribution in [0, 0.1) is 13.8 Å². The van der Waals surface area contributed by atoms with Crippen molar-refractivity contribution in [3.63, 3.8) is 0 Å². The SMILES string of the molecule is Cc1sc(N)c(-c2nc(C3CCS(=O)(=O)C3)no2)c1C. The smallest absolute Gasteiger partial charge is 0.261 e. The standard InChI is InChI=1S/C12H15N3O3S2/c1-6-7(2)19-10(13)9(6)12-14-11(15-18-12)8-3-4-20(16,17)5-8/h8H,3-5,13H2,1-2H3. The minimum atomic E-state index is -2.96. The average molecular weight is 313 g/mol. The van der Waals surface area contributed by atoms with Gasteiger partial charge in [0.05, 0.1) is 22.1 Å². The molecule has 108 valence electrons. The number of nitrogen functional groups attached to an aromatic ring is 1. The van der Waals surface area contributed by atoms with Crippen molar-refractivity contribution in [2.45, 2.75) is 26.2 Å². The Kier molecular flexibility index (Phi) is 3.09. The molecule has 20 heavy (non-hydrogen) atoms. The maximum atomic E-state index is 11.5. The van der Waals surface area contributed by atoms with Crippen LogP contribution in [0.25, 0.3) is 11.5 Å². The molecule has 1 atom stereocenters. The van der Waals surface area contributed by atoms with E-state index < -0.39 is 9.84 Å². The highest BCUT2D eigenvalue weighted by Crippen LogP contribution is 2.38. The molecule has 2 aromatic rings. The van der Waals surface area contributed by atoms with Crippen LogP contribution in [0.3, 0.4) is 0 Å². The zero-order valence-corrected chi connectivity index (χ0v) is 12.8. The van der Waals surface area contributed by atoms with E-state index in [2.05, 4.69) is 10.1 Å². The minimum Gasteiger partial charge on any atom is -0.390 e. The molecule has 1 saturated heterocycles. The predicted molar refractivity (Wildman–Crippen MR) is 77.5 cm³/mol. The predicted octanol–water partition coefficient (Wildman–Crippen LogP) is 1.90. The number of rotatable bonds is 2. The summed E-state index contributed by atoms with van der Waals surface area (Å²) in [6.45, 7) is 3.95. The molecule has 1 aliphatic heterocycles. The number of nitrogens with zero attached hydrogens (tertiary/aromatic N) is 2. The second-order valence-electron chi connectivity index (χ2n) is 5.08. The zero-order chi connectivity index (χ0) is 14.5. The Hall–Kier alpha value is -1.41. The number of sulfone groups is 1. The molecule has 1 unspecified atom stereocenters. The summed E-state index contributed by atoms with van der Waals surface area (Å²) in [5, 5.41) is 4.58. The molecule has 0 saturated carbocycles. The largest absolute Gasteiger partial charge is 0.390 e. The van der Waals surface area contributed by atoms with E-state index in [1.165, 1.54) is 11.3 Å². The van der Waals surface area contributed by atoms with Gasteiger partial charge in [-0.1, -0.05) is 5.16 Å². The highest BCUT2D eigenvalue weighted by Gasteiger charge is 2.32. The second-order valence-corrected chi connectivity index (χ2v) is 8.57. The van der Waals surface area contributed by atoms with Gasteiger partial charge in [0.2, 0.25) is 0 Å². The van der Waals surface area contributed by atoms with Crippen LogP contribution in [0.2, 0.25) is 0 Å². The van der Waals surface area contributed by atoms with Crippen LogP contribution in [0.4, 0.5) is 5.00 Å². The summed E-state index contributed by atoms with van der Waals surface area (Å²) in [6.07, 6.45) is 0.554. The molecule has 0 aromatic carbocycles. The summed E-state index contributed by atoms with van der Waals surface area (Å²) < 4.78 is 28.3. The third-order valence-electron chi connectivity index (χ3n) is 3.67. The Bertz CT molecular complexity index is 761. The van der Waals surface area contributed by atoms with E-state index in [-0.39, 0.29) is 17.4 Å². The lowest BCUT2D eigenvalue weighted by Gasteiger charge is -1.98. The van der Waals surface area contributed by atoms with Crippen molar-refractivity contribution in [2.24, 2.45) is 0 Å². The van der Waals surface area contributed by atoms with E-state index in [1.807, 2.05) is 13.8 Å². The Morgan fingerprint density at radius 2 is 2.15 bits per heavy atom. The Morgan fingerprint density at radius 3 is 2.70 bits per heavy atom. The third kappa shape index (κ3) is 2.22. The summed E-state index contributed by atoms with van der Waals surface area (Å²) in [4.78, 5) is 5.46. The number of aromatic nitrogens is 2. The highest BCUT2D eigenvalue weighted by atomic mass is 32.2. The molecule has 8 heteroatoms. The van der Waals surface area contributed by atoms with Gasteiger partial charge in [0.1, 0.15) is 0 Å². The second kappa shape index (κ2) is 4.56. The van der Waals surface area contributed by atoms with E-state index in [4.69, 9.17) is 10.3 Å². The summed E-state index contributed by atoms with van der Waals surface area (Å²) in [5.41, 5.74) is 7.77. The van der Waals surface area contributed by atoms with E-state index >= 15 is 0 Å². The number of nitrogens with two attached hydrogens (primary N) is 1. The van der Waals surface area contributed by atoms with Gasteiger partial charge in [-0.15, -0.1) is 11.3 Å². The highest BCUT2D eigenvalue weighted by molar-refractivity contribution is 7.91. The van der Waals surface area contributed by atoms with Gasteiger partial charge in [0, 0.05) is 10.8 Å². The van der Waals surface area contributed by atoms with Gasteiger partial charge in [0.25, 0.3) is 5.89 Å². The number of anilines is 1. The Morgan fingerprint density at radius 1 is 1.40 bits per heavy atom. The van der Waals surface area contributed by atoms with Crippen LogP contribution in [0.5, 0.6) is 0 Å². The van der Waals surface area contributed by atoms with Crippen molar-refractivity contribution >= 4 is 26.2 Å². The van der Waals surface area contributed by atoms with Crippen molar-refractivity contribution in [3.05, 3.63) is 16.3 Å². The van der Waals surface area contributed by atoms with Crippen LogP contribution >= 0.6 is 11.3 Å². The molecule has 0 amide bonds. The van der Waals surface area contributed by atoms with Crippen molar-refractivity contribution in [2.75, 3.05) is 17.2 Å². The van der Waals surface area contributed by atoms with Crippen LogP contribution in [0.1, 0.15) is 28.6 Å². The first-order chi connectivity index (χ1) is 9.37. The lowest BCUT2D eigenvalue weighted by atomic mass is 10.1. The lowest BCUT2D eigenvalue weighted by Crippen LogP contribution is -2.05. The quantitative estimate of drug-likeness (QED) is 0.909. The van der Waals surface area contributed by atoms with Gasteiger partial charge in [0.15, 0.2) is 15.7 Å². The number of aryl methyl sites for hydroxylation is 1. The maximum Gasteiger partial charge on any atom is 0.261 e. The Labute approximate surface area is 120 Å². The average Bonchev–Trinajstić information content (AvgIpc) is 3.00. The van der Waals surface area contributed by atoms with E-state index in [0.717, 1.165) is 16.0 Å². The van der Waals surface area contributed by atoms with Crippen LogP contribution < -0.4 is 5.73 Å². The van der Waals surface area contributed by atoms with Gasteiger partial charge >= 0.3 is 0 Å². The number of hydrogen-bond donors (Lipinski definition) is 1. The molecule has 2 aromatic heterocycles. The topological polar surface area (TPSA) is 99.1 Å². The summed E-state index contributed by atoms with van der Waals surface area (Å²) >= 11 is 1.49. The normalized spacial score (nSPS) is 21.4. The van der Waals surface area contributed by atoms with Gasteiger partial charge in [-0.05, 0) is 25.8 Å². The maximum absolute atomic E-state index is 11.5. The monoisotopic (exact) mass is 313 g/mol.